The second-order valence-electron chi connectivity index (χ2n) is 11.9. The first kappa shape index (κ1) is 34.0. The smallest absolute Gasteiger partial charge is 0.408 e. The number of aromatic nitrogens is 2. The number of amides is 2. The zero-order valence-electron chi connectivity index (χ0n) is 27.0. The maximum absolute atomic E-state index is 15.6. The third-order valence-corrected chi connectivity index (χ3v) is 7.05. The Kier molecular flexibility index (Phi) is 11.0. The van der Waals surface area contributed by atoms with Crippen molar-refractivity contribution in [2.24, 2.45) is 15.8 Å². The van der Waals surface area contributed by atoms with Crippen molar-refractivity contribution in [3.63, 3.8) is 0 Å². The number of aliphatic imine (C=N–C) groups is 1. The van der Waals surface area contributed by atoms with Gasteiger partial charge in [0.25, 0.3) is 5.91 Å². The van der Waals surface area contributed by atoms with Crippen LogP contribution in [-0.4, -0.2) is 58.7 Å². The number of pyridine rings is 2. The Balaban J connectivity index is 1.74. The number of nitrogens with one attached hydrogen (secondary N) is 2. The van der Waals surface area contributed by atoms with Gasteiger partial charge in [0.05, 0.1) is 53.3 Å². The van der Waals surface area contributed by atoms with Gasteiger partial charge in [-0.25, -0.2) is 19.2 Å². The average Bonchev–Trinajstić information content (AvgIpc) is 2.99. The molecule has 2 amide bonds. The number of aryl methyl sites for hydroxylation is 1. The van der Waals surface area contributed by atoms with Gasteiger partial charge in [0.1, 0.15) is 11.4 Å². The Morgan fingerprint density at radius 3 is 2.61 bits per heavy atom. The highest BCUT2D eigenvalue weighted by Crippen LogP contribution is 2.30. The second-order valence-corrected chi connectivity index (χ2v) is 11.9. The lowest BCUT2D eigenvalue weighted by Crippen LogP contribution is -2.50. The molecular weight excluding hydrogens is 591 g/mol. The number of ether oxygens (including phenoxy) is 2. The topological polar surface area (TPSA) is 156 Å². The first-order valence-corrected chi connectivity index (χ1v) is 15.0. The lowest BCUT2D eigenvalue weighted by molar-refractivity contribution is 0.0479. The van der Waals surface area contributed by atoms with Gasteiger partial charge in [0.15, 0.2) is 11.6 Å². The molecule has 1 saturated carbocycles. The van der Waals surface area contributed by atoms with Crippen LogP contribution in [0.25, 0.3) is 0 Å². The minimum Gasteiger partial charge on any atom is -0.444 e. The van der Waals surface area contributed by atoms with E-state index >= 15 is 4.39 Å². The molecular formula is C33H41FN8O4. The molecule has 2 atom stereocenters. The molecule has 0 aliphatic heterocycles. The molecule has 46 heavy (non-hydrogen) atoms. The van der Waals surface area contributed by atoms with Crippen molar-refractivity contribution in [1.82, 2.24) is 15.3 Å². The van der Waals surface area contributed by atoms with Gasteiger partial charge in [-0.05, 0) is 71.6 Å². The van der Waals surface area contributed by atoms with Crippen molar-refractivity contribution in [3.05, 3.63) is 71.3 Å². The highest BCUT2D eigenvalue weighted by molar-refractivity contribution is 6.00. The Hall–Kier alpha value is -4.91. The minimum absolute atomic E-state index is 0.0132. The SMILES string of the molecule is C/C=N\N(C)c1cc(Nc2nc(N=C3C(NC(=O)OC(C)(C)C)CCC[C@@H]3OCc3ccccc3)c(F)cc2C(N)=O)cnc1C. The monoisotopic (exact) mass is 632 g/mol. The van der Waals surface area contributed by atoms with Crippen LogP contribution in [0.4, 0.5) is 32.2 Å². The summed E-state index contributed by atoms with van der Waals surface area (Å²) < 4.78 is 27.4. The van der Waals surface area contributed by atoms with Crippen LogP contribution in [0.3, 0.4) is 0 Å². The molecule has 4 N–H and O–H groups in total. The number of carbonyl (C=O) groups is 2. The molecule has 2 heterocycles. The van der Waals surface area contributed by atoms with Crippen LogP contribution >= 0.6 is 0 Å². The molecule has 0 radical (unpaired) electrons. The zero-order chi connectivity index (χ0) is 33.4. The number of nitrogens with zero attached hydrogens (tertiary/aromatic N) is 5. The van der Waals surface area contributed by atoms with E-state index in [0.717, 1.165) is 23.7 Å². The fourth-order valence-electron chi connectivity index (χ4n) is 4.97. The molecule has 1 unspecified atom stereocenters. The summed E-state index contributed by atoms with van der Waals surface area (Å²) in [6.07, 6.45) is 3.86. The second kappa shape index (κ2) is 14.9. The van der Waals surface area contributed by atoms with Crippen molar-refractivity contribution in [2.45, 2.75) is 78.2 Å². The Labute approximate surface area is 268 Å². The summed E-state index contributed by atoms with van der Waals surface area (Å²) >= 11 is 0. The number of primary amides is 1. The summed E-state index contributed by atoms with van der Waals surface area (Å²) in [6.45, 7) is 9.22. The molecule has 0 saturated heterocycles. The lowest BCUT2D eigenvalue weighted by atomic mass is 9.90. The van der Waals surface area contributed by atoms with Crippen molar-refractivity contribution >= 4 is 46.9 Å². The first-order chi connectivity index (χ1) is 21.8. The van der Waals surface area contributed by atoms with Crippen molar-refractivity contribution in [2.75, 3.05) is 17.4 Å². The lowest BCUT2D eigenvalue weighted by Gasteiger charge is -2.32. The van der Waals surface area contributed by atoms with Gasteiger partial charge in [-0.15, -0.1) is 0 Å². The number of hydrogen-bond acceptors (Lipinski definition) is 10. The van der Waals surface area contributed by atoms with Crippen LogP contribution in [-0.2, 0) is 16.1 Å². The summed E-state index contributed by atoms with van der Waals surface area (Å²) in [5.74, 6) is -2.07. The normalized spacial score (nSPS) is 17.6. The molecule has 244 valence electrons. The summed E-state index contributed by atoms with van der Waals surface area (Å²) in [6, 6.07) is 11.8. The molecule has 2 aromatic heterocycles. The number of hydrazone groups is 1. The number of hydrogen-bond donors (Lipinski definition) is 3. The predicted octanol–water partition coefficient (Wildman–Crippen LogP) is 5.94. The van der Waals surface area contributed by atoms with Gasteiger partial charge in [-0.3, -0.25) is 14.8 Å². The van der Waals surface area contributed by atoms with E-state index in [0.29, 0.717) is 29.9 Å². The van der Waals surface area contributed by atoms with Crippen LogP contribution in [0.5, 0.6) is 0 Å². The number of halogens is 1. The molecule has 1 aliphatic carbocycles. The quantitative estimate of drug-likeness (QED) is 0.183. The number of nitrogens with two attached hydrogens (primary N) is 1. The number of anilines is 3. The highest BCUT2D eigenvalue weighted by Gasteiger charge is 2.33. The molecule has 13 heteroatoms. The number of benzene rings is 1. The number of rotatable bonds is 10. The van der Waals surface area contributed by atoms with Gasteiger partial charge in [0, 0.05) is 13.3 Å². The Bertz CT molecular complexity index is 1610. The van der Waals surface area contributed by atoms with E-state index in [9.17, 15) is 9.59 Å². The van der Waals surface area contributed by atoms with E-state index < -0.39 is 35.6 Å². The molecule has 1 fully saturated rings. The zero-order valence-corrected chi connectivity index (χ0v) is 27.0. The molecule has 12 nitrogen and oxygen atoms in total. The van der Waals surface area contributed by atoms with Crippen molar-refractivity contribution in [3.8, 4) is 0 Å². The third kappa shape index (κ3) is 9.07. The molecule has 1 aliphatic rings. The summed E-state index contributed by atoms with van der Waals surface area (Å²) in [5, 5.41) is 11.8. The third-order valence-electron chi connectivity index (χ3n) is 7.05. The standard InChI is InChI=1S/C33H41FN8O4/c1-7-37-42(6)26-16-22(18-36-20(26)2)38-30-23(29(35)43)17-24(34)31(41-30)40-28-25(39-32(44)46-33(3,4)5)14-11-15-27(28)45-19-21-12-9-8-10-13-21/h7-10,12-13,16-18,25,27H,11,14-15,19H2,1-6H3,(H2,35,43)(H,38,41)(H,39,44)/b37-7-,40-28?/t25?,27-/m0/s1. The highest BCUT2D eigenvalue weighted by atomic mass is 19.1. The van der Waals surface area contributed by atoms with E-state index in [1.807, 2.05) is 37.3 Å². The van der Waals surface area contributed by atoms with E-state index in [4.69, 9.17) is 15.2 Å². The van der Waals surface area contributed by atoms with Gasteiger partial charge in [0.2, 0.25) is 0 Å². The number of carbonyl (C=O) groups excluding carboxylic acids is 2. The average molecular weight is 633 g/mol. The van der Waals surface area contributed by atoms with E-state index in [-0.39, 0.29) is 23.8 Å². The molecule has 0 spiro atoms. The fraction of sp³-hybridized carbons (Fsp3) is 0.394. The van der Waals surface area contributed by atoms with E-state index in [1.165, 1.54) is 0 Å². The minimum atomic E-state index is -0.882. The first-order valence-electron chi connectivity index (χ1n) is 15.0. The summed E-state index contributed by atoms with van der Waals surface area (Å²) in [4.78, 5) is 38.6. The van der Waals surface area contributed by atoms with Crippen LogP contribution in [0.2, 0.25) is 0 Å². The molecule has 0 bridgehead atoms. The van der Waals surface area contributed by atoms with Gasteiger partial charge >= 0.3 is 6.09 Å². The van der Waals surface area contributed by atoms with E-state index in [2.05, 4.69) is 30.7 Å². The Morgan fingerprint density at radius 2 is 1.93 bits per heavy atom. The van der Waals surface area contributed by atoms with Crippen LogP contribution in [0, 0.1) is 12.7 Å². The van der Waals surface area contributed by atoms with Crippen LogP contribution in [0.15, 0.2) is 58.8 Å². The fourth-order valence-corrected chi connectivity index (χ4v) is 4.97. The summed E-state index contributed by atoms with van der Waals surface area (Å²) in [7, 11) is 1.77. The predicted molar refractivity (Wildman–Crippen MR) is 177 cm³/mol. The van der Waals surface area contributed by atoms with Crippen molar-refractivity contribution < 1.29 is 23.5 Å². The van der Waals surface area contributed by atoms with Crippen LogP contribution < -0.4 is 21.4 Å². The molecule has 1 aromatic carbocycles. The van der Waals surface area contributed by atoms with E-state index in [1.54, 1.807) is 58.2 Å². The van der Waals surface area contributed by atoms with Crippen LogP contribution in [0.1, 0.15) is 68.6 Å². The molecule has 3 aromatic rings. The van der Waals surface area contributed by atoms with Gasteiger partial charge < -0.3 is 25.8 Å². The maximum Gasteiger partial charge on any atom is 0.408 e. The van der Waals surface area contributed by atoms with Crippen molar-refractivity contribution in [1.29, 1.82) is 0 Å². The largest absolute Gasteiger partial charge is 0.444 e. The Morgan fingerprint density at radius 1 is 1.20 bits per heavy atom. The summed E-state index contributed by atoms with van der Waals surface area (Å²) in [5.41, 5.74) is 7.93. The van der Waals surface area contributed by atoms with Gasteiger partial charge in [-0.2, -0.15) is 5.10 Å². The maximum atomic E-state index is 15.6. The number of alkyl carbamates (subject to hydrolysis) is 1. The molecule has 4 rings (SSSR count). The van der Waals surface area contributed by atoms with Gasteiger partial charge in [-0.1, -0.05) is 30.3 Å².